The maximum atomic E-state index is 13.4. The van der Waals surface area contributed by atoms with Crippen molar-refractivity contribution in [2.45, 2.75) is 44.4 Å². The molecule has 1 fully saturated rings. The summed E-state index contributed by atoms with van der Waals surface area (Å²) in [6, 6.07) is 4.88. The van der Waals surface area contributed by atoms with Gasteiger partial charge < -0.3 is 16.0 Å². The smallest absolute Gasteiger partial charge is 0.220 e. The Labute approximate surface area is 189 Å². The van der Waals surface area contributed by atoms with Gasteiger partial charge in [-0.1, -0.05) is 18.9 Å². The summed E-state index contributed by atoms with van der Waals surface area (Å²) in [5, 5.41) is 9.41. The average molecular weight is 522 g/mol. The SMILES string of the molecule is CN=C(NCCNC(=O)CC1CCCC1)NCc1ccc(F)cc1CSC.I. The van der Waals surface area contributed by atoms with E-state index in [4.69, 9.17) is 0 Å². The Bertz CT molecular complexity index is 639. The van der Waals surface area contributed by atoms with Crippen LogP contribution in [0.15, 0.2) is 23.2 Å². The Morgan fingerprint density at radius 2 is 1.89 bits per heavy atom. The highest BCUT2D eigenvalue weighted by Crippen LogP contribution is 2.27. The second-order valence-corrected chi connectivity index (χ2v) is 7.77. The van der Waals surface area contributed by atoms with E-state index in [0.717, 1.165) is 16.9 Å². The topological polar surface area (TPSA) is 65.5 Å². The number of nitrogens with zero attached hydrogens (tertiary/aromatic N) is 1. The molecule has 1 aromatic rings. The Morgan fingerprint density at radius 1 is 1.18 bits per heavy atom. The van der Waals surface area contributed by atoms with E-state index < -0.39 is 0 Å². The summed E-state index contributed by atoms with van der Waals surface area (Å²) < 4.78 is 13.4. The van der Waals surface area contributed by atoms with Crippen molar-refractivity contribution >= 4 is 47.6 Å². The van der Waals surface area contributed by atoms with Gasteiger partial charge in [-0.2, -0.15) is 11.8 Å². The van der Waals surface area contributed by atoms with Crippen molar-refractivity contribution in [3.63, 3.8) is 0 Å². The Kier molecular flexibility index (Phi) is 12.5. The molecule has 2 rings (SSSR count). The zero-order valence-electron chi connectivity index (χ0n) is 16.7. The maximum absolute atomic E-state index is 13.4. The predicted molar refractivity (Wildman–Crippen MR) is 127 cm³/mol. The zero-order chi connectivity index (χ0) is 19.5. The lowest BCUT2D eigenvalue weighted by molar-refractivity contribution is -0.121. The number of guanidine groups is 1. The number of rotatable bonds is 9. The maximum Gasteiger partial charge on any atom is 0.220 e. The third kappa shape index (κ3) is 8.98. The normalized spacial score (nSPS) is 14.5. The molecule has 28 heavy (non-hydrogen) atoms. The number of halogens is 2. The Morgan fingerprint density at radius 3 is 2.57 bits per heavy atom. The minimum absolute atomic E-state index is 0. The molecule has 8 heteroatoms. The standard InChI is InChI=1S/C20H31FN4OS.HI/c1-22-20(24-10-9-23-19(26)11-15-5-3-4-6-15)25-13-16-7-8-18(21)12-17(16)14-27-2;/h7-8,12,15H,3-6,9-11,13-14H2,1-2H3,(H,23,26)(H2,22,24,25);1H. The van der Waals surface area contributed by atoms with E-state index in [-0.39, 0.29) is 35.7 Å². The summed E-state index contributed by atoms with van der Waals surface area (Å²) in [6.07, 6.45) is 7.54. The van der Waals surface area contributed by atoms with Gasteiger partial charge in [0.1, 0.15) is 5.82 Å². The average Bonchev–Trinajstić information content (AvgIpc) is 3.15. The van der Waals surface area contributed by atoms with Gasteiger partial charge in [0.05, 0.1) is 0 Å². The summed E-state index contributed by atoms with van der Waals surface area (Å²) in [4.78, 5) is 16.1. The van der Waals surface area contributed by atoms with E-state index in [1.165, 1.54) is 31.7 Å². The van der Waals surface area contributed by atoms with E-state index in [0.29, 0.717) is 37.9 Å². The van der Waals surface area contributed by atoms with E-state index in [9.17, 15) is 9.18 Å². The monoisotopic (exact) mass is 522 g/mol. The van der Waals surface area contributed by atoms with Gasteiger partial charge in [0, 0.05) is 38.9 Å². The molecule has 0 spiro atoms. The van der Waals surface area contributed by atoms with Gasteiger partial charge in [0.15, 0.2) is 5.96 Å². The molecule has 1 aromatic carbocycles. The molecule has 1 aliphatic rings. The van der Waals surface area contributed by atoms with Gasteiger partial charge in [-0.3, -0.25) is 9.79 Å². The lowest BCUT2D eigenvalue weighted by Crippen LogP contribution is -2.41. The van der Waals surface area contributed by atoms with E-state index in [2.05, 4.69) is 20.9 Å². The largest absolute Gasteiger partial charge is 0.355 e. The predicted octanol–water partition coefficient (Wildman–Crippen LogP) is 3.67. The van der Waals surface area contributed by atoms with Crippen molar-refractivity contribution in [3.05, 3.63) is 35.1 Å². The molecule has 158 valence electrons. The number of benzene rings is 1. The highest BCUT2D eigenvalue weighted by Gasteiger charge is 2.17. The van der Waals surface area contributed by atoms with Gasteiger partial charge >= 0.3 is 0 Å². The minimum Gasteiger partial charge on any atom is -0.355 e. The van der Waals surface area contributed by atoms with Gasteiger partial charge in [0.25, 0.3) is 0 Å². The number of hydrogen-bond acceptors (Lipinski definition) is 3. The summed E-state index contributed by atoms with van der Waals surface area (Å²) in [6.45, 7) is 1.75. The van der Waals surface area contributed by atoms with Crippen LogP contribution in [0.25, 0.3) is 0 Å². The third-order valence-electron chi connectivity index (χ3n) is 4.83. The quantitative estimate of drug-likeness (QED) is 0.201. The van der Waals surface area contributed by atoms with Crippen LogP contribution in [0.4, 0.5) is 4.39 Å². The Balaban J connectivity index is 0.00000392. The molecule has 0 unspecified atom stereocenters. The summed E-state index contributed by atoms with van der Waals surface area (Å²) in [5.74, 6) is 1.93. The van der Waals surface area contributed by atoms with Gasteiger partial charge in [-0.05, 0) is 48.3 Å². The first-order valence-corrected chi connectivity index (χ1v) is 11.0. The van der Waals surface area contributed by atoms with Crippen molar-refractivity contribution in [2.24, 2.45) is 10.9 Å². The first kappa shape index (κ1) is 25.0. The molecule has 0 heterocycles. The van der Waals surface area contributed by atoms with Crippen LogP contribution in [0, 0.1) is 11.7 Å². The number of aliphatic imine (C=N–C) groups is 1. The summed E-state index contributed by atoms with van der Waals surface area (Å²) >= 11 is 1.67. The van der Waals surface area contributed by atoms with Crippen LogP contribution >= 0.6 is 35.7 Å². The molecule has 5 nitrogen and oxygen atoms in total. The van der Waals surface area contributed by atoms with Crippen LogP contribution in [0.5, 0.6) is 0 Å². The van der Waals surface area contributed by atoms with Crippen LogP contribution in [0.2, 0.25) is 0 Å². The number of thioether (sulfide) groups is 1. The lowest BCUT2D eigenvalue weighted by atomic mass is 10.0. The van der Waals surface area contributed by atoms with Gasteiger partial charge in [0.2, 0.25) is 5.91 Å². The molecule has 0 bridgehead atoms. The number of carbonyl (C=O) groups excluding carboxylic acids is 1. The lowest BCUT2D eigenvalue weighted by Gasteiger charge is -2.15. The molecule has 0 saturated heterocycles. The van der Waals surface area contributed by atoms with Crippen molar-refractivity contribution in [1.82, 2.24) is 16.0 Å². The molecular weight excluding hydrogens is 490 g/mol. The van der Waals surface area contributed by atoms with Crippen LogP contribution in [0.3, 0.4) is 0 Å². The second-order valence-electron chi connectivity index (χ2n) is 6.90. The zero-order valence-corrected chi connectivity index (χ0v) is 19.9. The van der Waals surface area contributed by atoms with Crippen LogP contribution in [-0.2, 0) is 17.1 Å². The van der Waals surface area contributed by atoms with Crippen LogP contribution < -0.4 is 16.0 Å². The Hall–Kier alpha value is -1.03. The molecule has 1 saturated carbocycles. The first-order chi connectivity index (χ1) is 13.1. The number of carbonyl (C=O) groups is 1. The van der Waals surface area contributed by atoms with Crippen molar-refractivity contribution in [2.75, 3.05) is 26.4 Å². The van der Waals surface area contributed by atoms with Gasteiger partial charge in [-0.15, -0.1) is 24.0 Å². The highest BCUT2D eigenvalue weighted by atomic mass is 127. The number of nitrogens with one attached hydrogen (secondary N) is 3. The molecule has 0 aromatic heterocycles. The molecule has 1 amide bonds. The van der Waals surface area contributed by atoms with Crippen molar-refractivity contribution < 1.29 is 9.18 Å². The van der Waals surface area contributed by atoms with E-state index in [1.54, 1.807) is 24.9 Å². The summed E-state index contributed by atoms with van der Waals surface area (Å²) in [7, 11) is 1.71. The first-order valence-electron chi connectivity index (χ1n) is 9.59. The number of hydrogen-bond donors (Lipinski definition) is 3. The van der Waals surface area contributed by atoms with Crippen molar-refractivity contribution in [3.8, 4) is 0 Å². The highest BCUT2D eigenvalue weighted by molar-refractivity contribution is 14.0. The third-order valence-corrected chi connectivity index (χ3v) is 5.43. The van der Waals surface area contributed by atoms with Crippen LogP contribution in [0.1, 0.15) is 43.2 Å². The minimum atomic E-state index is -0.210. The molecular formula is C20H32FIN4OS. The summed E-state index contributed by atoms with van der Waals surface area (Å²) in [5.41, 5.74) is 2.04. The molecule has 1 aliphatic carbocycles. The fraction of sp³-hybridized carbons (Fsp3) is 0.600. The van der Waals surface area contributed by atoms with Crippen LogP contribution in [-0.4, -0.2) is 38.3 Å². The van der Waals surface area contributed by atoms with E-state index >= 15 is 0 Å². The molecule has 0 aliphatic heterocycles. The number of amides is 1. The molecule has 0 atom stereocenters. The van der Waals surface area contributed by atoms with Gasteiger partial charge in [-0.25, -0.2) is 4.39 Å². The second kappa shape index (κ2) is 14.0. The fourth-order valence-corrected chi connectivity index (χ4v) is 3.97. The fourth-order valence-electron chi connectivity index (χ4n) is 3.39. The van der Waals surface area contributed by atoms with Crippen molar-refractivity contribution in [1.29, 1.82) is 0 Å². The molecule has 0 radical (unpaired) electrons. The molecule has 3 N–H and O–H groups in total. The van der Waals surface area contributed by atoms with E-state index in [1.807, 2.05) is 12.3 Å².